The Kier molecular flexibility index (Phi) is 8.32. The van der Waals surface area contributed by atoms with E-state index in [1.54, 1.807) is 6.20 Å². The predicted octanol–water partition coefficient (Wildman–Crippen LogP) is 3.29. The summed E-state index contributed by atoms with van der Waals surface area (Å²) in [5, 5.41) is 3.84. The molecule has 200 valence electrons. The van der Waals surface area contributed by atoms with E-state index in [1.165, 1.54) is 18.7 Å². The number of halogens is 3. The van der Waals surface area contributed by atoms with Crippen molar-refractivity contribution in [2.24, 2.45) is 14.1 Å². The molecule has 4 aliphatic rings. The number of benzene rings is 1. The number of nitrogens with one attached hydrogen (secondary N) is 1. The van der Waals surface area contributed by atoms with Crippen molar-refractivity contribution in [2.75, 3.05) is 13.1 Å². The number of amides is 1. The standard InChI is InChI=1S/C29H31BrI2N5O/c30-24-19-35-31-32-26(34-18-21-8-6-14-33-17-21)16-25(36-27(24)32)22-9-7-15-37(20-22)28(38)29(12-4-5-13-29)23-10-2-1-3-11-23/h1-3,6,8,10-11,14,16-17,19,22,36H,4-5,7,9,12-13,15,18,20H2/q-1. The zero-order chi connectivity index (χ0) is 26.0. The van der Waals surface area contributed by atoms with Crippen LogP contribution in [0.5, 0.6) is 0 Å². The van der Waals surface area contributed by atoms with Crippen LogP contribution < -0.4 is 22.8 Å². The molecule has 1 saturated heterocycles. The quantitative estimate of drug-likeness (QED) is 0.374. The number of fused-ring (bicyclic) bond motifs is 1. The summed E-state index contributed by atoms with van der Waals surface area (Å²) < 4.78 is 8.40. The summed E-state index contributed by atoms with van der Waals surface area (Å²) in [6.45, 7) is 2.26. The first-order valence-electron chi connectivity index (χ1n) is 13.2. The SMILES string of the molecule is O=C(N1CCCC(C2=CC(=NCc3cccnc3)I3[I-]N=CC(Br)=C3N2)C1)C1(c2ccccc2)CCCC1. The number of hydrogen-bond acceptors (Lipinski definition) is 5. The Bertz CT molecular complexity index is 1300. The number of aromatic nitrogens is 1. The summed E-state index contributed by atoms with van der Waals surface area (Å²) in [7, 11) is 0. The number of piperidine rings is 1. The molecule has 3 aliphatic heterocycles. The fourth-order valence-electron chi connectivity index (χ4n) is 5.89. The number of hydrogen-bond donors (Lipinski definition) is 1. The second-order valence-electron chi connectivity index (χ2n) is 10.2. The molecule has 1 amide bonds. The van der Waals surface area contributed by atoms with E-state index >= 15 is 0 Å². The van der Waals surface area contributed by atoms with Gasteiger partial charge in [0.15, 0.2) is 0 Å². The van der Waals surface area contributed by atoms with Crippen molar-refractivity contribution in [3.05, 3.63) is 85.9 Å². The van der Waals surface area contributed by atoms with Crippen molar-refractivity contribution in [2.45, 2.75) is 50.5 Å². The molecule has 1 aliphatic carbocycles. The molecule has 1 N–H and O–H groups in total. The van der Waals surface area contributed by atoms with Crippen LogP contribution in [0.3, 0.4) is 0 Å². The number of carbonyl (C=O) groups excluding carboxylic acids is 1. The van der Waals surface area contributed by atoms with Crippen molar-refractivity contribution in [1.29, 1.82) is 0 Å². The zero-order valence-corrected chi connectivity index (χ0v) is 27.0. The van der Waals surface area contributed by atoms with Gasteiger partial charge in [-0.25, -0.2) is 0 Å². The normalized spacial score (nSPS) is 24.9. The van der Waals surface area contributed by atoms with Crippen LogP contribution in [0, 0.1) is 5.92 Å². The minimum atomic E-state index is -1.65. The minimum absolute atomic E-state index is 0.274. The van der Waals surface area contributed by atoms with E-state index in [-0.39, 0.29) is 28.8 Å². The van der Waals surface area contributed by atoms with E-state index in [2.05, 4.69) is 67.5 Å². The summed E-state index contributed by atoms with van der Waals surface area (Å²) in [5.41, 5.74) is 3.18. The Labute approximate surface area is 246 Å². The second-order valence-corrected chi connectivity index (χ2v) is 23.4. The number of rotatable bonds is 5. The monoisotopic (exact) mass is 798 g/mol. The van der Waals surface area contributed by atoms with Crippen molar-refractivity contribution in [3.8, 4) is 0 Å². The third-order valence-corrected chi connectivity index (χ3v) is 22.8. The van der Waals surface area contributed by atoms with Crippen LogP contribution in [0.25, 0.3) is 0 Å². The van der Waals surface area contributed by atoms with Crippen LogP contribution in [0.15, 0.2) is 83.0 Å². The van der Waals surface area contributed by atoms with Crippen molar-refractivity contribution >= 4 is 47.6 Å². The number of allylic oxidation sites excluding steroid dienone is 2. The van der Waals surface area contributed by atoms with Crippen molar-refractivity contribution in [3.63, 3.8) is 0 Å². The molecule has 1 aromatic heterocycles. The summed E-state index contributed by atoms with van der Waals surface area (Å²) in [6.07, 6.45) is 14.3. The fraction of sp³-hybridized carbons (Fsp3) is 0.379. The van der Waals surface area contributed by atoms with E-state index in [0.29, 0.717) is 12.5 Å². The Morgan fingerprint density at radius 2 is 2.03 bits per heavy atom. The molecule has 1 aromatic carbocycles. The first-order chi connectivity index (χ1) is 18.6. The molecule has 1 saturated carbocycles. The molecule has 6 nitrogen and oxygen atoms in total. The molecule has 1 unspecified atom stereocenters. The van der Waals surface area contributed by atoms with Crippen molar-refractivity contribution in [1.82, 2.24) is 15.2 Å². The van der Waals surface area contributed by atoms with Crippen LogP contribution in [-0.4, -0.2) is 38.8 Å². The van der Waals surface area contributed by atoms with Gasteiger partial charge in [-0.3, -0.25) is 0 Å². The second kappa shape index (κ2) is 11.9. The third kappa shape index (κ3) is 5.39. The van der Waals surface area contributed by atoms with E-state index in [0.717, 1.165) is 61.7 Å². The van der Waals surface area contributed by atoms with Gasteiger partial charge in [0.1, 0.15) is 0 Å². The maximum absolute atomic E-state index is 14.2. The van der Waals surface area contributed by atoms with E-state index in [9.17, 15) is 4.79 Å². The van der Waals surface area contributed by atoms with Crippen LogP contribution in [-0.2, 0) is 16.8 Å². The topological polar surface area (TPSA) is 70.0 Å². The number of aliphatic imine (C=N–C) groups is 1. The van der Waals surface area contributed by atoms with Gasteiger partial charge in [-0.15, -0.1) is 0 Å². The number of carbonyl (C=O) groups is 1. The summed E-state index contributed by atoms with van der Waals surface area (Å²) in [6, 6.07) is 14.6. The molecule has 2 aromatic rings. The van der Waals surface area contributed by atoms with Crippen molar-refractivity contribution < 1.29 is 22.3 Å². The van der Waals surface area contributed by atoms with Gasteiger partial charge in [-0.05, 0) is 0 Å². The Hall–Kier alpha value is -1.60. The Morgan fingerprint density at radius 3 is 2.82 bits per heavy atom. The first-order valence-corrected chi connectivity index (χ1v) is 23.4. The molecule has 6 rings (SSSR count). The molecule has 0 radical (unpaired) electrons. The van der Waals surface area contributed by atoms with Gasteiger partial charge in [0.2, 0.25) is 0 Å². The van der Waals surface area contributed by atoms with Crippen LogP contribution >= 0.6 is 31.8 Å². The molecule has 0 spiro atoms. The predicted molar refractivity (Wildman–Crippen MR) is 161 cm³/mol. The van der Waals surface area contributed by atoms with Crippen LogP contribution in [0.1, 0.15) is 49.7 Å². The van der Waals surface area contributed by atoms with Gasteiger partial charge in [0, 0.05) is 0 Å². The van der Waals surface area contributed by atoms with E-state index in [1.807, 2.05) is 24.5 Å². The molecule has 38 heavy (non-hydrogen) atoms. The third-order valence-electron chi connectivity index (χ3n) is 7.81. The first kappa shape index (κ1) is 26.6. The molecular formula is C29H31BrI2N5O-. The number of pyridine rings is 1. The zero-order valence-electron chi connectivity index (χ0n) is 21.1. The average Bonchev–Trinajstić information content (AvgIpc) is 3.48. The summed E-state index contributed by atoms with van der Waals surface area (Å²) in [4.78, 5) is 25.8. The Balaban J connectivity index is 1.27. The van der Waals surface area contributed by atoms with Gasteiger partial charge in [-0.2, -0.15) is 0 Å². The van der Waals surface area contributed by atoms with Gasteiger partial charge >= 0.3 is 249 Å². The Morgan fingerprint density at radius 1 is 1.18 bits per heavy atom. The molecule has 2 fully saturated rings. The fourth-order valence-corrected chi connectivity index (χ4v) is 21.5. The molecular weight excluding hydrogens is 768 g/mol. The van der Waals surface area contributed by atoms with E-state index < -0.39 is 15.8 Å². The van der Waals surface area contributed by atoms with Gasteiger partial charge in [0.25, 0.3) is 0 Å². The van der Waals surface area contributed by atoms with Gasteiger partial charge in [-0.1, -0.05) is 0 Å². The van der Waals surface area contributed by atoms with Gasteiger partial charge < -0.3 is 0 Å². The molecule has 1 atom stereocenters. The summed E-state index contributed by atoms with van der Waals surface area (Å²) in [5.74, 6) is 0.616. The van der Waals surface area contributed by atoms with Gasteiger partial charge in [0.05, 0.1) is 0 Å². The average molecular weight is 799 g/mol. The van der Waals surface area contributed by atoms with Crippen LogP contribution in [0.2, 0.25) is 0 Å². The van der Waals surface area contributed by atoms with E-state index in [4.69, 9.17) is 8.20 Å². The van der Waals surface area contributed by atoms with Crippen LogP contribution in [0.4, 0.5) is 0 Å². The molecule has 0 bridgehead atoms. The molecule has 9 heteroatoms. The summed E-state index contributed by atoms with van der Waals surface area (Å²) >= 11 is 1.86. The number of nitrogens with zero attached hydrogens (tertiary/aromatic N) is 4. The maximum atomic E-state index is 14.2. The number of likely N-dealkylation sites (tertiary alicyclic amines) is 1. The molecule has 4 heterocycles.